The molecule has 0 atom stereocenters. The molecule has 1 amide bonds. The van der Waals surface area contributed by atoms with Gasteiger partial charge in [0.15, 0.2) is 5.11 Å². The maximum atomic E-state index is 12.5. The van der Waals surface area contributed by atoms with E-state index < -0.39 is 15.9 Å². The van der Waals surface area contributed by atoms with Crippen LogP contribution in [-0.4, -0.2) is 26.0 Å². The van der Waals surface area contributed by atoms with Crippen LogP contribution in [0.4, 0.5) is 11.4 Å². The number of amides is 1. The van der Waals surface area contributed by atoms with Crippen LogP contribution in [0.3, 0.4) is 0 Å². The van der Waals surface area contributed by atoms with Crippen LogP contribution in [0.25, 0.3) is 0 Å². The third-order valence-corrected chi connectivity index (χ3v) is 5.67. The predicted molar refractivity (Wildman–Crippen MR) is 125 cm³/mol. The van der Waals surface area contributed by atoms with Crippen molar-refractivity contribution >= 4 is 44.6 Å². The number of thiocarbonyl (C=S) groups is 1. The van der Waals surface area contributed by atoms with Crippen LogP contribution in [-0.2, 0) is 10.0 Å². The third-order valence-electron chi connectivity index (χ3n) is 4.12. The van der Waals surface area contributed by atoms with Crippen LogP contribution in [0.2, 0.25) is 0 Å². The molecule has 0 aliphatic carbocycles. The highest BCUT2D eigenvalue weighted by molar-refractivity contribution is 7.90. The highest BCUT2D eigenvalue weighted by Gasteiger charge is 2.18. The van der Waals surface area contributed by atoms with E-state index in [0.29, 0.717) is 28.8 Å². The van der Waals surface area contributed by atoms with Crippen molar-refractivity contribution in [3.05, 3.63) is 84.4 Å². The molecule has 31 heavy (non-hydrogen) atoms. The van der Waals surface area contributed by atoms with Crippen LogP contribution in [0, 0.1) is 0 Å². The second kappa shape index (κ2) is 10.1. The number of hydrogen-bond acceptors (Lipinski definition) is 5. The Bertz CT molecular complexity index is 1160. The first-order valence-electron chi connectivity index (χ1n) is 9.41. The molecule has 3 rings (SSSR count). The molecule has 0 aromatic heterocycles. The minimum absolute atomic E-state index is 0.0390. The molecule has 3 aromatic rings. The first-order chi connectivity index (χ1) is 14.9. The fourth-order valence-corrected chi connectivity index (χ4v) is 3.88. The number of rotatable bonds is 7. The lowest BCUT2D eigenvalue weighted by atomic mass is 10.2. The highest BCUT2D eigenvalue weighted by Crippen LogP contribution is 2.24. The first kappa shape index (κ1) is 22.3. The van der Waals surface area contributed by atoms with Crippen molar-refractivity contribution in [2.24, 2.45) is 0 Å². The molecule has 3 aromatic carbocycles. The zero-order valence-electron chi connectivity index (χ0n) is 16.7. The molecule has 160 valence electrons. The molecule has 3 N–H and O–H groups in total. The zero-order chi connectivity index (χ0) is 22.3. The van der Waals surface area contributed by atoms with Crippen LogP contribution < -0.4 is 20.1 Å². The number of anilines is 2. The minimum atomic E-state index is -4.01. The molecule has 0 fully saturated rings. The van der Waals surface area contributed by atoms with Gasteiger partial charge in [-0.25, -0.2) is 13.1 Å². The Hall–Kier alpha value is -3.43. The molecule has 7 nitrogen and oxygen atoms in total. The first-order valence-corrected chi connectivity index (χ1v) is 11.3. The molecule has 0 bridgehead atoms. The summed E-state index contributed by atoms with van der Waals surface area (Å²) in [6, 6.07) is 21.4. The summed E-state index contributed by atoms with van der Waals surface area (Å²) >= 11 is 5.33. The van der Waals surface area contributed by atoms with Gasteiger partial charge in [-0.2, -0.15) is 0 Å². The van der Waals surface area contributed by atoms with Gasteiger partial charge in [-0.3, -0.25) is 4.79 Å². The molecular weight excluding hydrogens is 434 g/mol. The maximum Gasteiger partial charge on any atom is 0.264 e. The molecule has 0 saturated heterocycles. The van der Waals surface area contributed by atoms with E-state index in [-0.39, 0.29) is 10.5 Å². The van der Waals surface area contributed by atoms with E-state index in [0.717, 1.165) is 0 Å². The summed E-state index contributed by atoms with van der Waals surface area (Å²) in [5.41, 5.74) is 1.55. The topological polar surface area (TPSA) is 96.5 Å². The van der Waals surface area contributed by atoms with E-state index in [4.69, 9.17) is 17.0 Å². The van der Waals surface area contributed by atoms with Crippen molar-refractivity contribution in [3.8, 4) is 5.75 Å². The maximum absolute atomic E-state index is 12.5. The quantitative estimate of drug-likeness (QED) is 0.463. The normalized spacial score (nSPS) is 10.7. The Morgan fingerprint density at radius 2 is 1.55 bits per heavy atom. The number of benzene rings is 3. The predicted octanol–water partition coefficient (Wildman–Crippen LogP) is 4.01. The Balaban J connectivity index is 1.64. The number of carbonyl (C=O) groups excluding carboxylic acids is 1. The lowest BCUT2D eigenvalue weighted by Gasteiger charge is -2.14. The van der Waals surface area contributed by atoms with Crippen molar-refractivity contribution < 1.29 is 17.9 Å². The van der Waals surface area contributed by atoms with Gasteiger partial charge in [-0.15, -0.1) is 0 Å². The molecule has 9 heteroatoms. The molecule has 0 aliphatic rings. The van der Waals surface area contributed by atoms with Gasteiger partial charge in [0.2, 0.25) is 0 Å². The average Bonchev–Trinajstić information content (AvgIpc) is 2.76. The Morgan fingerprint density at radius 3 is 2.23 bits per heavy atom. The van der Waals surface area contributed by atoms with E-state index in [9.17, 15) is 13.2 Å². The van der Waals surface area contributed by atoms with Crippen LogP contribution in [0.1, 0.15) is 17.3 Å². The molecular formula is C22H21N3O4S2. The van der Waals surface area contributed by atoms with Crippen molar-refractivity contribution in [2.45, 2.75) is 11.8 Å². The number of carbonyl (C=O) groups is 1. The average molecular weight is 456 g/mol. The lowest BCUT2D eigenvalue weighted by molar-refractivity contribution is 0.0981. The Morgan fingerprint density at radius 1 is 0.903 bits per heavy atom. The summed E-state index contributed by atoms with van der Waals surface area (Å²) in [6.07, 6.45) is 0. The summed E-state index contributed by atoms with van der Waals surface area (Å²) in [5, 5.41) is 6.36. The summed E-state index contributed by atoms with van der Waals surface area (Å²) in [5.74, 6) is -0.0223. The molecule has 0 radical (unpaired) electrons. The van der Waals surface area contributed by atoms with Crippen LogP contribution in [0.15, 0.2) is 83.8 Å². The molecule has 0 aliphatic heterocycles. The fraction of sp³-hybridized carbons (Fsp3) is 0.0909. The van der Waals surface area contributed by atoms with Gasteiger partial charge in [-0.1, -0.05) is 30.3 Å². The standard InChI is InChI=1S/C22H21N3O4S2/c1-2-29-20-11-7-6-10-19(20)24-22(30)23-17-12-14-18(15-13-17)31(27,28)25-21(26)16-8-4-3-5-9-16/h3-15H,2H2,1H3,(H,25,26)(H2,23,24,30). The molecule has 0 heterocycles. The highest BCUT2D eigenvalue weighted by atomic mass is 32.2. The number of nitrogens with one attached hydrogen (secondary N) is 3. The summed E-state index contributed by atoms with van der Waals surface area (Å²) in [7, 11) is -4.01. The number of sulfonamides is 1. The van der Waals surface area contributed by atoms with Gasteiger partial charge in [0.05, 0.1) is 17.2 Å². The van der Waals surface area contributed by atoms with Crippen molar-refractivity contribution in [2.75, 3.05) is 17.2 Å². The largest absolute Gasteiger partial charge is 0.492 e. The van der Waals surface area contributed by atoms with Gasteiger partial charge in [0.1, 0.15) is 5.75 Å². The molecule has 0 spiro atoms. The number of ether oxygens (including phenoxy) is 1. The smallest absolute Gasteiger partial charge is 0.264 e. The van der Waals surface area contributed by atoms with E-state index >= 15 is 0 Å². The second-order valence-electron chi connectivity index (χ2n) is 6.33. The van der Waals surface area contributed by atoms with E-state index in [1.54, 1.807) is 30.3 Å². The van der Waals surface area contributed by atoms with E-state index in [1.165, 1.54) is 24.3 Å². The molecule has 0 unspecified atom stereocenters. The minimum Gasteiger partial charge on any atom is -0.492 e. The molecule has 0 saturated carbocycles. The van der Waals surface area contributed by atoms with Crippen LogP contribution >= 0.6 is 12.2 Å². The fourth-order valence-electron chi connectivity index (χ4n) is 2.68. The Labute approximate surface area is 186 Å². The monoisotopic (exact) mass is 455 g/mol. The summed E-state index contributed by atoms with van der Waals surface area (Å²) in [4.78, 5) is 12.1. The third kappa shape index (κ3) is 6.03. The van der Waals surface area contributed by atoms with Crippen molar-refractivity contribution in [1.29, 1.82) is 0 Å². The zero-order valence-corrected chi connectivity index (χ0v) is 18.3. The van der Waals surface area contributed by atoms with E-state index in [2.05, 4.69) is 15.4 Å². The Kier molecular flexibility index (Phi) is 7.22. The van der Waals surface area contributed by atoms with Gasteiger partial charge in [-0.05, 0) is 67.7 Å². The van der Waals surface area contributed by atoms with Gasteiger partial charge < -0.3 is 15.4 Å². The van der Waals surface area contributed by atoms with Crippen molar-refractivity contribution in [1.82, 2.24) is 4.72 Å². The number of para-hydroxylation sites is 2. The summed E-state index contributed by atoms with van der Waals surface area (Å²) < 4.78 is 32.6. The van der Waals surface area contributed by atoms with E-state index in [1.807, 2.05) is 31.2 Å². The van der Waals surface area contributed by atoms with Gasteiger partial charge in [0.25, 0.3) is 15.9 Å². The van der Waals surface area contributed by atoms with Crippen LogP contribution in [0.5, 0.6) is 5.75 Å². The van der Waals surface area contributed by atoms with Gasteiger partial charge in [0, 0.05) is 11.3 Å². The summed E-state index contributed by atoms with van der Waals surface area (Å²) in [6.45, 7) is 2.42. The number of hydrogen-bond donors (Lipinski definition) is 3. The van der Waals surface area contributed by atoms with Crippen molar-refractivity contribution in [3.63, 3.8) is 0 Å². The SMILES string of the molecule is CCOc1ccccc1NC(=S)Nc1ccc(S(=O)(=O)NC(=O)c2ccccc2)cc1. The second-order valence-corrected chi connectivity index (χ2v) is 8.42. The lowest BCUT2D eigenvalue weighted by Crippen LogP contribution is -2.30. The van der Waals surface area contributed by atoms with Gasteiger partial charge >= 0.3 is 0 Å².